The van der Waals surface area contributed by atoms with E-state index in [0.717, 1.165) is 11.3 Å². The Kier molecular flexibility index (Phi) is 4.59. The van der Waals surface area contributed by atoms with Gasteiger partial charge in [-0.3, -0.25) is 9.78 Å². The summed E-state index contributed by atoms with van der Waals surface area (Å²) in [4.78, 5) is 20.4. The Balaban J connectivity index is 1.58. The van der Waals surface area contributed by atoms with E-state index in [1.165, 1.54) is 0 Å². The van der Waals surface area contributed by atoms with E-state index in [1.54, 1.807) is 30.6 Å². The Hall–Kier alpha value is -3.21. The number of hydrogen-bond donors (Lipinski definition) is 2. The number of amides is 1. The predicted molar refractivity (Wildman–Crippen MR) is 90.2 cm³/mol. The molecule has 3 aromatic rings. The summed E-state index contributed by atoms with van der Waals surface area (Å²) in [6, 6.07) is 16.6. The minimum absolute atomic E-state index is 0.172. The molecule has 0 fully saturated rings. The summed E-state index contributed by atoms with van der Waals surface area (Å²) >= 11 is 0. The molecule has 1 amide bonds. The van der Waals surface area contributed by atoms with Gasteiger partial charge in [0.25, 0.3) is 5.91 Å². The molecule has 5 nitrogen and oxygen atoms in total. The van der Waals surface area contributed by atoms with Gasteiger partial charge in [0.15, 0.2) is 0 Å². The molecule has 0 aliphatic carbocycles. The van der Waals surface area contributed by atoms with Crippen LogP contribution in [0.4, 0.5) is 11.5 Å². The molecule has 0 bridgehead atoms. The Morgan fingerprint density at radius 1 is 0.957 bits per heavy atom. The molecule has 0 saturated heterocycles. The van der Waals surface area contributed by atoms with Gasteiger partial charge in [0.05, 0.1) is 11.9 Å². The minimum Gasteiger partial charge on any atom is -0.380 e. The van der Waals surface area contributed by atoms with Gasteiger partial charge in [0.2, 0.25) is 0 Å². The number of carbonyl (C=O) groups excluding carboxylic acids is 1. The number of carbonyl (C=O) groups is 1. The molecule has 0 unspecified atom stereocenters. The number of nitrogens with zero attached hydrogens (tertiary/aromatic N) is 2. The average Bonchev–Trinajstić information content (AvgIpc) is 2.63. The second kappa shape index (κ2) is 7.17. The quantitative estimate of drug-likeness (QED) is 0.758. The van der Waals surface area contributed by atoms with Crippen LogP contribution < -0.4 is 10.6 Å². The fraction of sp³-hybridized carbons (Fsp3) is 0.0556. The third-order valence-electron chi connectivity index (χ3n) is 3.26. The lowest BCUT2D eigenvalue weighted by Gasteiger charge is -2.08. The van der Waals surface area contributed by atoms with Crippen molar-refractivity contribution in [2.45, 2.75) is 6.54 Å². The molecule has 0 atom stereocenters. The molecule has 2 heterocycles. The first-order chi connectivity index (χ1) is 11.3. The highest BCUT2D eigenvalue weighted by Gasteiger charge is 2.05. The van der Waals surface area contributed by atoms with E-state index in [9.17, 15) is 4.79 Å². The minimum atomic E-state index is -0.172. The van der Waals surface area contributed by atoms with Gasteiger partial charge in [-0.15, -0.1) is 0 Å². The smallest absolute Gasteiger partial charge is 0.256 e. The molecule has 1 aromatic carbocycles. The van der Waals surface area contributed by atoms with E-state index in [1.807, 2.05) is 42.6 Å². The summed E-state index contributed by atoms with van der Waals surface area (Å²) in [7, 11) is 0. The molecule has 0 aliphatic heterocycles. The summed E-state index contributed by atoms with van der Waals surface area (Å²) in [5.41, 5.74) is 2.58. The van der Waals surface area contributed by atoms with Crippen LogP contribution in [-0.4, -0.2) is 15.9 Å². The molecule has 2 N–H and O–H groups in total. The maximum atomic E-state index is 12.0. The third kappa shape index (κ3) is 4.14. The standard InChI is InChI=1S/C18H16N4O/c23-18(15-6-2-1-3-7-15)22-17-9-8-16(13-21-17)20-12-14-5-4-10-19-11-14/h1-11,13,20H,12H2,(H,21,22,23). The molecule has 2 aromatic heterocycles. The van der Waals surface area contributed by atoms with Crippen molar-refractivity contribution >= 4 is 17.4 Å². The van der Waals surface area contributed by atoms with Crippen LogP contribution in [0.25, 0.3) is 0 Å². The van der Waals surface area contributed by atoms with E-state index >= 15 is 0 Å². The van der Waals surface area contributed by atoms with Crippen molar-refractivity contribution in [2.24, 2.45) is 0 Å². The van der Waals surface area contributed by atoms with Crippen molar-refractivity contribution in [3.63, 3.8) is 0 Å². The SMILES string of the molecule is O=C(Nc1ccc(NCc2cccnc2)cn1)c1ccccc1. The normalized spacial score (nSPS) is 10.1. The van der Waals surface area contributed by atoms with Crippen molar-refractivity contribution < 1.29 is 4.79 Å². The molecule has 0 radical (unpaired) electrons. The van der Waals surface area contributed by atoms with Gasteiger partial charge in [-0.05, 0) is 35.9 Å². The molecule has 23 heavy (non-hydrogen) atoms. The number of anilines is 2. The van der Waals surface area contributed by atoms with Crippen molar-refractivity contribution in [1.29, 1.82) is 0 Å². The molecule has 0 saturated carbocycles. The highest BCUT2D eigenvalue weighted by atomic mass is 16.1. The summed E-state index contributed by atoms with van der Waals surface area (Å²) in [5.74, 6) is 0.347. The zero-order chi connectivity index (χ0) is 15.9. The first kappa shape index (κ1) is 14.7. The van der Waals surface area contributed by atoms with Crippen molar-refractivity contribution in [1.82, 2.24) is 9.97 Å². The van der Waals surface area contributed by atoms with Gasteiger partial charge in [-0.2, -0.15) is 0 Å². The highest BCUT2D eigenvalue weighted by Crippen LogP contribution is 2.12. The van der Waals surface area contributed by atoms with Crippen LogP contribution in [0.2, 0.25) is 0 Å². The fourth-order valence-corrected chi connectivity index (χ4v) is 2.06. The fourth-order valence-electron chi connectivity index (χ4n) is 2.06. The van der Waals surface area contributed by atoms with Crippen molar-refractivity contribution in [3.8, 4) is 0 Å². The summed E-state index contributed by atoms with van der Waals surface area (Å²) in [5, 5.41) is 6.03. The number of benzene rings is 1. The third-order valence-corrected chi connectivity index (χ3v) is 3.26. The summed E-state index contributed by atoms with van der Waals surface area (Å²) in [6.45, 7) is 0.672. The lowest BCUT2D eigenvalue weighted by Crippen LogP contribution is -2.12. The first-order valence-corrected chi connectivity index (χ1v) is 7.26. The van der Waals surface area contributed by atoms with Gasteiger partial charge >= 0.3 is 0 Å². The van der Waals surface area contributed by atoms with Crippen LogP contribution in [-0.2, 0) is 6.54 Å². The van der Waals surface area contributed by atoms with Gasteiger partial charge in [0, 0.05) is 24.5 Å². The largest absolute Gasteiger partial charge is 0.380 e. The molecule has 114 valence electrons. The van der Waals surface area contributed by atoms with E-state index in [-0.39, 0.29) is 5.91 Å². The Bertz CT molecular complexity index is 758. The van der Waals surface area contributed by atoms with E-state index in [2.05, 4.69) is 20.6 Å². The number of pyridine rings is 2. The maximum Gasteiger partial charge on any atom is 0.256 e. The van der Waals surface area contributed by atoms with Gasteiger partial charge < -0.3 is 10.6 Å². The molecule has 3 rings (SSSR count). The maximum absolute atomic E-state index is 12.0. The number of aromatic nitrogens is 2. The molecule has 0 aliphatic rings. The second-order valence-corrected chi connectivity index (χ2v) is 4.97. The van der Waals surface area contributed by atoms with Gasteiger partial charge in [-0.25, -0.2) is 4.98 Å². The second-order valence-electron chi connectivity index (χ2n) is 4.97. The zero-order valence-corrected chi connectivity index (χ0v) is 12.4. The van der Waals surface area contributed by atoms with E-state index in [0.29, 0.717) is 17.9 Å². The van der Waals surface area contributed by atoms with Crippen molar-refractivity contribution in [3.05, 3.63) is 84.3 Å². The number of rotatable bonds is 5. The predicted octanol–water partition coefficient (Wildman–Crippen LogP) is 3.34. The lowest BCUT2D eigenvalue weighted by molar-refractivity contribution is 0.102. The van der Waals surface area contributed by atoms with Gasteiger partial charge in [0.1, 0.15) is 5.82 Å². The summed E-state index contributed by atoms with van der Waals surface area (Å²) in [6.07, 6.45) is 5.25. The monoisotopic (exact) mass is 304 g/mol. The molecular weight excluding hydrogens is 288 g/mol. The summed E-state index contributed by atoms with van der Waals surface area (Å²) < 4.78 is 0. The Labute approximate surface area is 134 Å². The molecule has 0 spiro atoms. The van der Waals surface area contributed by atoms with Crippen LogP contribution in [0.15, 0.2) is 73.2 Å². The van der Waals surface area contributed by atoms with Crippen LogP contribution >= 0.6 is 0 Å². The topological polar surface area (TPSA) is 66.9 Å². The van der Waals surface area contributed by atoms with Crippen LogP contribution in [0.5, 0.6) is 0 Å². The Morgan fingerprint density at radius 3 is 2.52 bits per heavy atom. The number of hydrogen-bond acceptors (Lipinski definition) is 4. The molecule has 5 heteroatoms. The highest BCUT2D eigenvalue weighted by molar-refractivity contribution is 6.03. The molecular formula is C18H16N4O. The zero-order valence-electron chi connectivity index (χ0n) is 12.4. The van der Waals surface area contributed by atoms with Crippen LogP contribution in [0, 0.1) is 0 Å². The number of nitrogens with one attached hydrogen (secondary N) is 2. The Morgan fingerprint density at radius 2 is 1.83 bits per heavy atom. The lowest BCUT2D eigenvalue weighted by atomic mass is 10.2. The first-order valence-electron chi connectivity index (χ1n) is 7.26. The van der Waals surface area contributed by atoms with Crippen molar-refractivity contribution in [2.75, 3.05) is 10.6 Å². The van der Waals surface area contributed by atoms with Crippen LogP contribution in [0.1, 0.15) is 15.9 Å². The van der Waals surface area contributed by atoms with E-state index in [4.69, 9.17) is 0 Å². The van der Waals surface area contributed by atoms with Crippen LogP contribution in [0.3, 0.4) is 0 Å². The average molecular weight is 304 g/mol. The van der Waals surface area contributed by atoms with E-state index < -0.39 is 0 Å². The van der Waals surface area contributed by atoms with Gasteiger partial charge in [-0.1, -0.05) is 24.3 Å².